The monoisotopic (exact) mass is 581 g/mol. The van der Waals surface area contributed by atoms with Crippen LogP contribution in [0.3, 0.4) is 0 Å². The SMILES string of the molecule is CC(C)(C)c1ccc(C2C(C(=O)c3cccs3)=C(O)C(=O)N2c2nnc(SCc3ccccc3Cl)s2)cc1. The van der Waals surface area contributed by atoms with Crippen molar-refractivity contribution >= 4 is 62.9 Å². The highest BCUT2D eigenvalue weighted by molar-refractivity contribution is 8.00. The summed E-state index contributed by atoms with van der Waals surface area (Å²) in [6.45, 7) is 6.36. The molecule has 6 nitrogen and oxygen atoms in total. The zero-order valence-electron chi connectivity index (χ0n) is 20.8. The number of ketones is 1. The molecule has 1 aliphatic rings. The second-order valence-electron chi connectivity index (χ2n) is 9.75. The molecule has 2 aromatic heterocycles. The smallest absolute Gasteiger partial charge is 0.296 e. The van der Waals surface area contributed by atoms with Crippen LogP contribution in [0.15, 0.2) is 81.7 Å². The van der Waals surface area contributed by atoms with Crippen LogP contribution in [0.4, 0.5) is 5.13 Å². The molecule has 1 N–H and O–H groups in total. The van der Waals surface area contributed by atoms with E-state index in [-0.39, 0.29) is 16.8 Å². The Morgan fingerprint density at radius 2 is 1.82 bits per heavy atom. The molecule has 38 heavy (non-hydrogen) atoms. The van der Waals surface area contributed by atoms with Crippen molar-refractivity contribution in [2.45, 2.75) is 42.3 Å². The van der Waals surface area contributed by atoms with Crippen LogP contribution in [0.25, 0.3) is 0 Å². The second kappa shape index (κ2) is 10.6. The van der Waals surface area contributed by atoms with Gasteiger partial charge in [-0.25, -0.2) is 0 Å². The van der Waals surface area contributed by atoms with Crippen LogP contribution in [0, 0.1) is 0 Å². The Balaban J connectivity index is 1.51. The summed E-state index contributed by atoms with van der Waals surface area (Å²) < 4.78 is 0.645. The summed E-state index contributed by atoms with van der Waals surface area (Å²) in [7, 11) is 0. The Bertz CT molecular complexity index is 1520. The third-order valence-electron chi connectivity index (χ3n) is 6.20. The molecule has 0 spiro atoms. The van der Waals surface area contributed by atoms with Gasteiger partial charge in [-0.05, 0) is 39.6 Å². The lowest BCUT2D eigenvalue weighted by molar-refractivity contribution is -0.117. The highest BCUT2D eigenvalue weighted by Crippen LogP contribution is 2.44. The first-order chi connectivity index (χ1) is 18.1. The molecule has 0 fully saturated rings. The summed E-state index contributed by atoms with van der Waals surface area (Å²) in [5.41, 5.74) is 2.76. The molecular formula is C28H24ClN3O3S3. The number of aliphatic hydroxyl groups excluding tert-OH is 1. The van der Waals surface area contributed by atoms with Crippen molar-refractivity contribution < 1.29 is 14.7 Å². The lowest BCUT2D eigenvalue weighted by Gasteiger charge is -2.25. The van der Waals surface area contributed by atoms with E-state index in [0.717, 1.165) is 11.1 Å². The number of rotatable bonds is 7. The van der Waals surface area contributed by atoms with E-state index in [1.54, 1.807) is 17.5 Å². The van der Waals surface area contributed by atoms with Gasteiger partial charge in [0.05, 0.1) is 16.5 Å². The maximum absolute atomic E-state index is 13.5. The van der Waals surface area contributed by atoms with Crippen molar-refractivity contribution in [1.82, 2.24) is 10.2 Å². The van der Waals surface area contributed by atoms with Gasteiger partial charge in [-0.3, -0.25) is 14.5 Å². The topological polar surface area (TPSA) is 83.4 Å². The van der Waals surface area contributed by atoms with Crippen LogP contribution in [-0.4, -0.2) is 27.0 Å². The average molecular weight is 582 g/mol. The minimum atomic E-state index is -0.833. The molecule has 4 aromatic rings. The number of amides is 1. The number of benzene rings is 2. The van der Waals surface area contributed by atoms with Crippen LogP contribution in [0.1, 0.15) is 53.2 Å². The summed E-state index contributed by atoms with van der Waals surface area (Å²) in [6, 6.07) is 18.0. The molecule has 0 radical (unpaired) electrons. The van der Waals surface area contributed by atoms with Crippen LogP contribution >= 0.6 is 46.0 Å². The number of hydrogen-bond acceptors (Lipinski definition) is 8. The fourth-order valence-corrected chi connectivity index (χ4v) is 7.00. The van der Waals surface area contributed by atoms with Crippen molar-refractivity contribution in [2.24, 2.45) is 0 Å². The Morgan fingerprint density at radius 1 is 1.08 bits per heavy atom. The van der Waals surface area contributed by atoms with Gasteiger partial charge in [-0.1, -0.05) is 104 Å². The number of thiophene rings is 1. The van der Waals surface area contributed by atoms with Crippen molar-refractivity contribution in [3.8, 4) is 0 Å². The summed E-state index contributed by atoms with van der Waals surface area (Å²) in [6.07, 6.45) is 0. The van der Waals surface area contributed by atoms with E-state index in [4.69, 9.17) is 11.6 Å². The Morgan fingerprint density at radius 3 is 2.47 bits per heavy atom. The van der Waals surface area contributed by atoms with Gasteiger partial charge in [-0.2, -0.15) is 0 Å². The zero-order chi connectivity index (χ0) is 27.0. The summed E-state index contributed by atoms with van der Waals surface area (Å²) in [4.78, 5) is 28.8. The molecule has 1 unspecified atom stereocenters. The van der Waals surface area contributed by atoms with E-state index in [2.05, 4.69) is 31.0 Å². The predicted molar refractivity (Wildman–Crippen MR) is 155 cm³/mol. The number of carbonyl (C=O) groups excluding carboxylic acids is 2. The molecule has 194 valence electrons. The molecule has 1 amide bonds. The first-order valence-corrected chi connectivity index (χ1v) is 14.9. The minimum Gasteiger partial charge on any atom is -0.503 e. The van der Waals surface area contributed by atoms with Crippen molar-refractivity contribution in [2.75, 3.05) is 4.90 Å². The number of aromatic nitrogens is 2. The standard InChI is InChI=1S/C28H24ClN3O3S3/c1-28(2,3)18-12-10-16(11-13-18)22-21(23(33)20-9-6-14-36-20)24(34)25(35)32(22)26-30-31-27(38-26)37-15-17-7-4-5-8-19(17)29/h4-14,22,34H,15H2,1-3H3. The first kappa shape index (κ1) is 26.6. The number of anilines is 1. The number of aliphatic hydroxyl groups is 1. The average Bonchev–Trinajstić information content (AvgIpc) is 3.64. The third kappa shape index (κ3) is 5.16. The number of Topliss-reactive ketones (excluding diaryl/α,β-unsaturated/α-hetero) is 1. The molecule has 0 saturated heterocycles. The van der Waals surface area contributed by atoms with Gasteiger partial charge in [0, 0.05) is 10.8 Å². The van der Waals surface area contributed by atoms with E-state index >= 15 is 0 Å². The van der Waals surface area contributed by atoms with Crippen molar-refractivity contribution in [1.29, 1.82) is 0 Å². The van der Waals surface area contributed by atoms with E-state index < -0.39 is 17.7 Å². The van der Waals surface area contributed by atoms with Gasteiger partial charge in [0.1, 0.15) is 0 Å². The number of halogens is 1. The maximum Gasteiger partial charge on any atom is 0.296 e. The highest BCUT2D eigenvalue weighted by Gasteiger charge is 2.46. The molecule has 1 aliphatic heterocycles. The van der Waals surface area contributed by atoms with Gasteiger partial charge >= 0.3 is 0 Å². The van der Waals surface area contributed by atoms with Crippen LogP contribution < -0.4 is 4.90 Å². The summed E-state index contributed by atoms with van der Waals surface area (Å²) in [5, 5.41) is 22.3. The molecule has 0 bridgehead atoms. The molecule has 5 rings (SSSR count). The molecule has 3 heterocycles. The largest absolute Gasteiger partial charge is 0.503 e. The van der Waals surface area contributed by atoms with Gasteiger partial charge < -0.3 is 5.11 Å². The third-order valence-corrected chi connectivity index (χ3v) is 9.54. The molecule has 2 aromatic carbocycles. The molecule has 10 heteroatoms. The van der Waals surface area contributed by atoms with E-state index in [1.165, 1.54) is 39.3 Å². The fourth-order valence-electron chi connectivity index (χ4n) is 4.17. The number of hydrogen-bond donors (Lipinski definition) is 1. The lowest BCUT2D eigenvalue weighted by atomic mass is 9.85. The number of nitrogens with zero attached hydrogens (tertiary/aromatic N) is 3. The van der Waals surface area contributed by atoms with E-state index in [0.29, 0.717) is 30.7 Å². The summed E-state index contributed by atoms with van der Waals surface area (Å²) in [5.74, 6) is -1.02. The Kier molecular flexibility index (Phi) is 7.46. The maximum atomic E-state index is 13.5. The van der Waals surface area contributed by atoms with Crippen LogP contribution in [0.5, 0.6) is 0 Å². The minimum absolute atomic E-state index is 0.0430. The van der Waals surface area contributed by atoms with Crippen LogP contribution in [-0.2, 0) is 16.0 Å². The fraction of sp³-hybridized carbons (Fsp3) is 0.214. The van der Waals surface area contributed by atoms with Gasteiger partial charge in [0.25, 0.3) is 5.91 Å². The molecule has 1 atom stereocenters. The normalized spacial score (nSPS) is 15.9. The van der Waals surface area contributed by atoms with E-state index in [9.17, 15) is 14.7 Å². The lowest BCUT2D eigenvalue weighted by Crippen LogP contribution is -2.31. The molecule has 0 saturated carbocycles. The van der Waals surface area contributed by atoms with E-state index in [1.807, 2.05) is 48.5 Å². The Hall–Kier alpha value is -2.98. The Labute approximate surface area is 238 Å². The van der Waals surface area contributed by atoms with Crippen molar-refractivity contribution in [3.05, 3.63) is 104 Å². The first-order valence-electron chi connectivity index (χ1n) is 11.8. The van der Waals surface area contributed by atoms with Gasteiger partial charge in [-0.15, -0.1) is 21.5 Å². The quantitative estimate of drug-likeness (QED) is 0.137. The highest BCUT2D eigenvalue weighted by atomic mass is 35.5. The van der Waals surface area contributed by atoms with Crippen molar-refractivity contribution in [3.63, 3.8) is 0 Å². The molecule has 0 aliphatic carbocycles. The molecular weight excluding hydrogens is 558 g/mol. The zero-order valence-corrected chi connectivity index (χ0v) is 24.0. The second-order valence-corrected chi connectivity index (χ2v) is 13.3. The van der Waals surface area contributed by atoms with Gasteiger partial charge in [0.2, 0.25) is 10.9 Å². The van der Waals surface area contributed by atoms with Gasteiger partial charge in [0.15, 0.2) is 10.1 Å². The number of carbonyl (C=O) groups is 2. The van der Waals surface area contributed by atoms with Crippen LogP contribution in [0.2, 0.25) is 5.02 Å². The predicted octanol–water partition coefficient (Wildman–Crippen LogP) is 7.63. The number of thioether (sulfide) groups is 1. The summed E-state index contributed by atoms with van der Waals surface area (Å²) >= 11 is 10.2.